The third-order valence-electron chi connectivity index (χ3n) is 4.69. The minimum atomic E-state index is -0.0542. The first-order chi connectivity index (χ1) is 15.1. The third-order valence-corrected chi connectivity index (χ3v) is 6.40. The van der Waals surface area contributed by atoms with E-state index < -0.39 is 0 Å². The van der Waals surface area contributed by atoms with Crippen LogP contribution in [0.3, 0.4) is 0 Å². The van der Waals surface area contributed by atoms with Gasteiger partial charge in [-0.15, -0.1) is 21.5 Å². The van der Waals surface area contributed by atoms with Gasteiger partial charge < -0.3 is 5.32 Å². The van der Waals surface area contributed by atoms with Crippen LogP contribution in [0.25, 0.3) is 22.5 Å². The van der Waals surface area contributed by atoms with Crippen LogP contribution < -0.4 is 5.32 Å². The number of thioether (sulfide) groups is 1. The minimum absolute atomic E-state index is 0.0542. The maximum atomic E-state index is 12.2. The van der Waals surface area contributed by atoms with Crippen LogP contribution in [0.5, 0.6) is 0 Å². The number of benzene rings is 2. The normalized spacial score (nSPS) is 10.8. The highest BCUT2D eigenvalue weighted by Crippen LogP contribution is 2.30. The summed E-state index contributed by atoms with van der Waals surface area (Å²) >= 11 is 2.91. The van der Waals surface area contributed by atoms with E-state index in [4.69, 9.17) is 4.98 Å². The Morgan fingerprint density at radius 3 is 2.16 bits per heavy atom. The van der Waals surface area contributed by atoms with E-state index >= 15 is 0 Å². The molecule has 0 aliphatic carbocycles. The maximum Gasteiger partial charge on any atom is 0.230 e. The average Bonchev–Trinajstić information content (AvgIpc) is 3.31. The molecular formula is C24H22N4OS2. The molecular weight excluding hydrogens is 424 g/mol. The topological polar surface area (TPSA) is 67.8 Å². The Morgan fingerprint density at radius 1 is 0.903 bits per heavy atom. The molecule has 31 heavy (non-hydrogen) atoms. The summed E-state index contributed by atoms with van der Waals surface area (Å²) in [6.07, 6.45) is 0. The molecule has 4 rings (SSSR count). The number of nitrogens with zero attached hydrogens (tertiary/aromatic N) is 3. The summed E-state index contributed by atoms with van der Waals surface area (Å²) < 4.78 is 0. The van der Waals surface area contributed by atoms with Crippen LogP contribution in [0, 0.1) is 13.8 Å². The van der Waals surface area contributed by atoms with E-state index in [-0.39, 0.29) is 11.7 Å². The zero-order valence-electron chi connectivity index (χ0n) is 17.3. The Balaban J connectivity index is 1.55. The van der Waals surface area contributed by atoms with E-state index in [2.05, 4.69) is 53.6 Å². The summed E-state index contributed by atoms with van der Waals surface area (Å²) in [6.45, 7) is 4.65. The number of aromatic nitrogens is 3. The Morgan fingerprint density at radius 2 is 1.55 bits per heavy atom. The van der Waals surface area contributed by atoms with Crippen molar-refractivity contribution in [2.45, 2.75) is 25.5 Å². The van der Waals surface area contributed by atoms with Crippen molar-refractivity contribution in [3.63, 3.8) is 0 Å². The Kier molecular flexibility index (Phi) is 6.74. The summed E-state index contributed by atoms with van der Waals surface area (Å²) in [6, 6.07) is 20.3. The van der Waals surface area contributed by atoms with Gasteiger partial charge in [0, 0.05) is 16.0 Å². The first kappa shape index (κ1) is 21.2. The molecule has 2 heterocycles. The predicted octanol–water partition coefficient (Wildman–Crippen LogP) is 5.29. The molecule has 0 radical (unpaired) electrons. The molecule has 0 aliphatic heterocycles. The monoisotopic (exact) mass is 446 g/mol. The molecule has 0 saturated carbocycles. The zero-order valence-corrected chi connectivity index (χ0v) is 19.0. The minimum Gasteiger partial charge on any atom is -0.350 e. The molecule has 1 N–H and O–H groups in total. The highest BCUT2D eigenvalue weighted by molar-refractivity contribution is 7.99. The molecule has 2 aromatic heterocycles. The average molecular weight is 447 g/mol. The van der Waals surface area contributed by atoms with E-state index in [9.17, 15) is 4.79 Å². The van der Waals surface area contributed by atoms with Gasteiger partial charge in [0.25, 0.3) is 0 Å². The number of carbonyl (C=O) groups is 1. The molecule has 156 valence electrons. The number of hydrogen-bond acceptors (Lipinski definition) is 6. The lowest BCUT2D eigenvalue weighted by Gasteiger charge is -2.10. The number of rotatable bonds is 7. The van der Waals surface area contributed by atoms with Crippen molar-refractivity contribution in [1.29, 1.82) is 0 Å². The molecule has 0 bridgehead atoms. The van der Waals surface area contributed by atoms with Gasteiger partial charge >= 0.3 is 0 Å². The van der Waals surface area contributed by atoms with Gasteiger partial charge in [-0.1, -0.05) is 77.5 Å². The fourth-order valence-electron chi connectivity index (χ4n) is 2.97. The molecule has 0 saturated heterocycles. The number of thiophene rings is 1. The summed E-state index contributed by atoms with van der Waals surface area (Å²) in [7, 11) is 0. The Labute approximate surface area is 190 Å². The van der Waals surface area contributed by atoms with Crippen molar-refractivity contribution in [3.05, 3.63) is 82.0 Å². The van der Waals surface area contributed by atoms with E-state index in [1.54, 1.807) is 11.3 Å². The van der Waals surface area contributed by atoms with Crippen LogP contribution in [0.15, 0.2) is 71.2 Å². The van der Waals surface area contributed by atoms with E-state index in [1.165, 1.54) is 22.9 Å². The van der Waals surface area contributed by atoms with Crippen molar-refractivity contribution < 1.29 is 4.79 Å². The van der Waals surface area contributed by atoms with Gasteiger partial charge in [-0.05, 0) is 25.3 Å². The predicted molar refractivity (Wildman–Crippen MR) is 127 cm³/mol. The first-order valence-electron chi connectivity index (χ1n) is 9.89. The van der Waals surface area contributed by atoms with Gasteiger partial charge in [0.1, 0.15) is 11.4 Å². The van der Waals surface area contributed by atoms with Crippen LogP contribution in [0.4, 0.5) is 0 Å². The van der Waals surface area contributed by atoms with Crippen molar-refractivity contribution >= 4 is 29.0 Å². The second-order valence-corrected chi connectivity index (χ2v) is 9.14. The van der Waals surface area contributed by atoms with Gasteiger partial charge in [-0.3, -0.25) is 4.79 Å². The van der Waals surface area contributed by atoms with Crippen molar-refractivity contribution in [1.82, 2.24) is 20.5 Å². The molecule has 4 aromatic rings. The maximum absolute atomic E-state index is 12.2. The van der Waals surface area contributed by atoms with Gasteiger partial charge in [0.15, 0.2) is 0 Å². The lowest BCUT2D eigenvalue weighted by Crippen LogP contribution is -2.24. The Bertz CT molecular complexity index is 1160. The molecule has 1 amide bonds. The number of amides is 1. The highest BCUT2D eigenvalue weighted by Gasteiger charge is 2.15. The highest BCUT2D eigenvalue weighted by atomic mass is 32.2. The van der Waals surface area contributed by atoms with Gasteiger partial charge in [0.05, 0.1) is 12.3 Å². The van der Waals surface area contributed by atoms with E-state index in [0.29, 0.717) is 11.7 Å². The summed E-state index contributed by atoms with van der Waals surface area (Å²) in [5.74, 6) is 0.186. The largest absolute Gasteiger partial charge is 0.350 e. The SMILES string of the molecule is Cc1ccc(-c2nnc(SCC(=O)NCc3cccs3)nc2-c2ccc(C)cc2)cc1. The van der Waals surface area contributed by atoms with Crippen LogP contribution >= 0.6 is 23.1 Å². The zero-order chi connectivity index (χ0) is 21.6. The molecule has 5 nitrogen and oxygen atoms in total. The first-order valence-corrected chi connectivity index (χ1v) is 11.8. The van der Waals surface area contributed by atoms with Gasteiger partial charge in [-0.2, -0.15) is 0 Å². The van der Waals surface area contributed by atoms with Crippen LogP contribution in [-0.2, 0) is 11.3 Å². The Hall–Kier alpha value is -3.03. The number of nitrogens with one attached hydrogen (secondary N) is 1. The smallest absolute Gasteiger partial charge is 0.230 e. The van der Waals surface area contributed by atoms with Crippen molar-refractivity contribution in [3.8, 4) is 22.5 Å². The lowest BCUT2D eigenvalue weighted by atomic mass is 10.0. The van der Waals surface area contributed by atoms with Crippen molar-refractivity contribution in [2.75, 3.05) is 5.75 Å². The number of carbonyl (C=O) groups excluding carboxylic acids is 1. The lowest BCUT2D eigenvalue weighted by molar-refractivity contribution is -0.118. The quantitative estimate of drug-likeness (QED) is 0.391. The molecule has 0 atom stereocenters. The summed E-state index contributed by atoms with van der Waals surface area (Å²) in [5.41, 5.74) is 5.80. The fourth-order valence-corrected chi connectivity index (χ4v) is 4.23. The standard InChI is InChI=1S/C24H22N4OS2/c1-16-5-9-18(10-6-16)22-23(19-11-7-17(2)8-12-19)27-28-24(26-22)31-15-21(29)25-14-20-4-3-13-30-20/h3-13H,14-15H2,1-2H3,(H,25,29). The number of aryl methyl sites for hydroxylation is 2. The van der Waals surface area contributed by atoms with Gasteiger partial charge in [0.2, 0.25) is 11.1 Å². The summed E-state index contributed by atoms with van der Waals surface area (Å²) in [4.78, 5) is 18.1. The van der Waals surface area contributed by atoms with Crippen LogP contribution in [-0.4, -0.2) is 26.8 Å². The molecule has 2 aromatic carbocycles. The molecule has 7 heteroatoms. The third kappa shape index (κ3) is 5.57. The van der Waals surface area contributed by atoms with Crippen molar-refractivity contribution in [2.24, 2.45) is 0 Å². The van der Waals surface area contributed by atoms with E-state index in [0.717, 1.165) is 27.4 Å². The second kappa shape index (κ2) is 9.85. The van der Waals surface area contributed by atoms with Gasteiger partial charge in [-0.25, -0.2) is 4.98 Å². The van der Waals surface area contributed by atoms with E-state index in [1.807, 2.05) is 41.8 Å². The van der Waals surface area contributed by atoms with Crippen LogP contribution in [0.2, 0.25) is 0 Å². The second-order valence-electron chi connectivity index (χ2n) is 7.17. The number of hydrogen-bond donors (Lipinski definition) is 1. The molecule has 0 unspecified atom stereocenters. The molecule has 0 fully saturated rings. The van der Waals surface area contributed by atoms with Crippen LogP contribution in [0.1, 0.15) is 16.0 Å². The fraction of sp³-hybridized carbons (Fsp3) is 0.167. The molecule has 0 spiro atoms. The summed E-state index contributed by atoms with van der Waals surface area (Å²) in [5, 5.41) is 14.2. The molecule has 0 aliphatic rings.